The van der Waals surface area contributed by atoms with Crippen LogP contribution in [0.25, 0.3) is 0 Å². The molecule has 0 aliphatic heterocycles. The topological polar surface area (TPSA) is 71.5 Å². The molecule has 0 saturated heterocycles. The third-order valence-electron chi connectivity index (χ3n) is 2.84. The van der Waals surface area contributed by atoms with Gasteiger partial charge in [0.25, 0.3) is 0 Å². The Hall–Kier alpha value is -1.44. The fraction of sp³-hybridized carbons (Fsp3) is 0.500. The van der Waals surface area contributed by atoms with Gasteiger partial charge in [0, 0.05) is 17.4 Å². The average molecular weight is 307 g/mol. The van der Waals surface area contributed by atoms with Gasteiger partial charge in [0.2, 0.25) is 0 Å². The van der Waals surface area contributed by atoms with Crippen LogP contribution in [0.5, 0.6) is 0 Å². The van der Waals surface area contributed by atoms with Crippen LogP contribution >= 0.6 is 11.8 Å². The largest absolute Gasteiger partial charge is 0.417 e. The standard InChI is InChI=1S/C12H16F3N3OS/c1-11(2,10(16)18-19)5-6-20-9-4-3-8(7-17-9)12(13,14)15/h3-4,7,19H,5-6H2,1-2H3,(H2,16,18). The van der Waals surface area contributed by atoms with Crippen molar-refractivity contribution in [2.75, 3.05) is 5.75 Å². The summed E-state index contributed by atoms with van der Waals surface area (Å²) in [4.78, 5) is 3.76. The third-order valence-corrected chi connectivity index (χ3v) is 3.79. The summed E-state index contributed by atoms with van der Waals surface area (Å²) in [7, 11) is 0. The van der Waals surface area contributed by atoms with Crippen LogP contribution in [0.2, 0.25) is 0 Å². The zero-order valence-electron chi connectivity index (χ0n) is 11.1. The zero-order valence-corrected chi connectivity index (χ0v) is 11.9. The highest BCUT2D eigenvalue weighted by atomic mass is 32.2. The number of nitrogens with two attached hydrogens (primary N) is 1. The smallest absolute Gasteiger partial charge is 0.409 e. The lowest BCUT2D eigenvalue weighted by Gasteiger charge is -2.22. The van der Waals surface area contributed by atoms with Gasteiger partial charge in [0.15, 0.2) is 0 Å². The van der Waals surface area contributed by atoms with Crippen molar-refractivity contribution in [3.63, 3.8) is 0 Å². The Labute approximate surface area is 119 Å². The van der Waals surface area contributed by atoms with E-state index in [1.807, 2.05) is 13.8 Å². The Morgan fingerprint density at radius 2 is 2.05 bits per heavy atom. The molecule has 0 aromatic carbocycles. The van der Waals surface area contributed by atoms with Crippen LogP contribution in [0.3, 0.4) is 0 Å². The van der Waals surface area contributed by atoms with E-state index in [2.05, 4.69) is 10.1 Å². The maximum Gasteiger partial charge on any atom is 0.417 e. The highest BCUT2D eigenvalue weighted by Gasteiger charge is 2.30. The molecule has 8 heteroatoms. The van der Waals surface area contributed by atoms with E-state index < -0.39 is 17.2 Å². The molecule has 1 aromatic heterocycles. The van der Waals surface area contributed by atoms with Crippen LogP contribution in [0.1, 0.15) is 25.8 Å². The number of hydrogen-bond donors (Lipinski definition) is 2. The van der Waals surface area contributed by atoms with Gasteiger partial charge in [-0.1, -0.05) is 19.0 Å². The van der Waals surface area contributed by atoms with E-state index >= 15 is 0 Å². The van der Waals surface area contributed by atoms with Gasteiger partial charge in [0.1, 0.15) is 5.84 Å². The molecule has 0 spiro atoms. The fourth-order valence-corrected chi connectivity index (χ4v) is 2.42. The van der Waals surface area contributed by atoms with Crippen molar-refractivity contribution in [3.05, 3.63) is 23.9 Å². The molecule has 0 aliphatic rings. The number of pyridine rings is 1. The summed E-state index contributed by atoms with van der Waals surface area (Å²) in [6.07, 6.45) is -2.95. The molecule has 0 saturated carbocycles. The normalized spacial score (nSPS) is 13.6. The van der Waals surface area contributed by atoms with Crippen molar-refractivity contribution in [2.24, 2.45) is 16.3 Å². The molecule has 0 unspecified atom stereocenters. The monoisotopic (exact) mass is 307 g/mol. The number of alkyl halides is 3. The highest BCUT2D eigenvalue weighted by molar-refractivity contribution is 7.99. The Kier molecular flexibility index (Phi) is 5.27. The lowest BCUT2D eigenvalue weighted by molar-refractivity contribution is -0.137. The first kappa shape index (κ1) is 16.6. The number of thioether (sulfide) groups is 1. The molecule has 0 fully saturated rings. The Morgan fingerprint density at radius 3 is 2.50 bits per heavy atom. The number of nitrogens with zero attached hydrogens (tertiary/aromatic N) is 2. The molecule has 0 amide bonds. The van der Waals surface area contributed by atoms with Crippen LogP contribution in [-0.2, 0) is 6.18 Å². The van der Waals surface area contributed by atoms with Gasteiger partial charge < -0.3 is 10.9 Å². The van der Waals surface area contributed by atoms with Gasteiger partial charge >= 0.3 is 6.18 Å². The van der Waals surface area contributed by atoms with Gasteiger partial charge in [0.05, 0.1) is 10.6 Å². The van der Waals surface area contributed by atoms with Gasteiger partial charge in [-0.2, -0.15) is 13.2 Å². The summed E-state index contributed by atoms with van der Waals surface area (Å²) in [6, 6.07) is 2.34. The summed E-state index contributed by atoms with van der Waals surface area (Å²) in [5.41, 5.74) is 4.30. The Balaban J connectivity index is 2.55. The second-order valence-corrected chi connectivity index (χ2v) is 5.97. The second kappa shape index (κ2) is 6.34. The fourth-order valence-electron chi connectivity index (χ4n) is 1.31. The van der Waals surface area contributed by atoms with Crippen molar-refractivity contribution in [1.82, 2.24) is 4.98 Å². The van der Waals surface area contributed by atoms with Crippen LogP contribution in [0.4, 0.5) is 13.2 Å². The predicted octanol–water partition coefficient (Wildman–Crippen LogP) is 3.36. The number of oxime groups is 1. The van der Waals surface area contributed by atoms with E-state index in [4.69, 9.17) is 10.9 Å². The molecule has 1 heterocycles. The summed E-state index contributed by atoms with van der Waals surface area (Å²) in [5.74, 6) is 0.722. The van der Waals surface area contributed by atoms with E-state index in [0.29, 0.717) is 17.2 Å². The SMILES string of the molecule is CC(C)(CCSc1ccc(C(F)(F)F)cn1)C(N)=NO. The van der Waals surface area contributed by atoms with Gasteiger partial charge in [-0.25, -0.2) is 4.98 Å². The molecule has 3 N–H and O–H groups in total. The lowest BCUT2D eigenvalue weighted by atomic mass is 9.89. The molecule has 20 heavy (non-hydrogen) atoms. The molecule has 0 aliphatic carbocycles. The zero-order chi connectivity index (χ0) is 15.4. The maximum atomic E-state index is 12.4. The molecular weight excluding hydrogens is 291 g/mol. The van der Waals surface area contributed by atoms with E-state index in [1.54, 1.807) is 0 Å². The third kappa shape index (κ3) is 4.59. The first-order valence-corrected chi connectivity index (χ1v) is 6.79. The Bertz CT molecular complexity index is 472. The van der Waals surface area contributed by atoms with Gasteiger partial charge in [-0.05, 0) is 18.6 Å². The molecule has 0 atom stereocenters. The summed E-state index contributed by atoms with van der Waals surface area (Å²) in [5, 5.41) is 12.1. The number of halogens is 3. The first-order valence-electron chi connectivity index (χ1n) is 5.81. The molecule has 0 radical (unpaired) electrons. The highest BCUT2D eigenvalue weighted by Crippen LogP contribution is 2.30. The van der Waals surface area contributed by atoms with E-state index in [0.717, 1.165) is 12.3 Å². The summed E-state index contributed by atoms with van der Waals surface area (Å²) < 4.78 is 37.1. The average Bonchev–Trinajstić information content (AvgIpc) is 2.37. The quantitative estimate of drug-likeness (QED) is 0.288. The molecule has 0 bridgehead atoms. The Morgan fingerprint density at radius 1 is 1.40 bits per heavy atom. The number of aromatic nitrogens is 1. The molecular formula is C12H16F3N3OS. The predicted molar refractivity (Wildman–Crippen MR) is 71.8 cm³/mol. The minimum Gasteiger partial charge on any atom is -0.409 e. The molecule has 1 rings (SSSR count). The first-order chi connectivity index (χ1) is 9.16. The number of rotatable bonds is 5. The summed E-state index contributed by atoms with van der Waals surface area (Å²) >= 11 is 1.32. The van der Waals surface area contributed by atoms with E-state index in [9.17, 15) is 13.2 Å². The number of amidine groups is 1. The van der Waals surface area contributed by atoms with Gasteiger partial charge in [-0.15, -0.1) is 11.8 Å². The van der Waals surface area contributed by atoms with Gasteiger partial charge in [-0.3, -0.25) is 0 Å². The van der Waals surface area contributed by atoms with Crippen LogP contribution < -0.4 is 5.73 Å². The second-order valence-electron chi connectivity index (χ2n) is 4.85. The van der Waals surface area contributed by atoms with Crippen LogP contribution in [0.15, 0.2) is 28.5 Å². The summed E-state index contributed by atoms with van der Waals surface area (Å²) in [6.45, 7) is 3.64. The lowest BCUT2D eigenvalue weighted by Crippen LogP contribution is -2.32. The van der Waals surface area contributed by atoms with Crippen molar-refractivity contribution >= 4 is 17.6 Å². The van der Waals surface area contributed by atoms with E-state index in [1.165, 1.54) is 17.8 Å². The van der Waals surface area contributed by atoms with Crippen molar-refractivity contribution in [2.45, 2.75) is 31.5 Å². The van der Waals surface area contributed by atoms with Crippen molar-refractivity contribution in [3.8, 4) is 0 Å². The molecule has 112 valence electrons. The minimum absolute atomic E-state index is 0.124. The van der Waals surface area contributed by atoms with E-state index in [-0.39, 0.29) is 5.84 Å². The molecule has 4 nitrogen and oxygen atoms in total. The molecule has 1 aromatic rings. The maximum absolute atomic E-state index is 12.4. The van der Waals surface area contributed by atoms with Crippen LogP contribution in [-0.4, -0.2) is 21.8 Å². The minimum atomic E-state index is -4.37. The van der Waals surface area contributed by atoms with Crippen molar-refractivity contribution in [1.29, 1.82) is 0 Å². The van der Waals surface area contributed by atoms with Crippen LogP contribution in [0, 0.1) is 5.41 Å². The number of hydrogen-bond acceptors (Lipinski definition) is 4. The van der Waals surface area contributed by atoms with Crippen molar-refractivity contribution < 1.29 is 18.4 Å².